The number of hydrogen-bond acceptors (Lipinski definition) is 5. The van der Waals surface area contributed by atoms with Crippen LogP contribution in [0.1, 0.15) is 5.56 Å². The van der Waals surface area contributed by atoms with E-state index in [1.165, 1.54) is 13.2 Å². The molecule has 0 unspecified atom stereocenters. The molecule has 0 spiro atoms. The lowest BCUT2D eigenvalue weighted by Crippen LogP contribution is -2.22. The van der Waals surface area contributed by atoms with Gasteiger partial charge in [-0.05, 0) is 42.0 Å². The van der Waals surface area contributed by atoms with Crippen molar-refractivity contribution in [1.82, 2.24) is 4.98 Å². The summed E-state index contributed by atoms with van der Waals surface area (Å²) in [5, 5.41) is 2.96. The zero-order valence-corrected chi connectivity index (χ0v) is 16.1. The molecule has 0 saturated carbocycles. The molecule has 144 valence electrons. The molecule has 7 nitrogen and oxygen atoms in total. The van der Waals surface area contributed by atoms with Gasteiger partial charge in [0.25, 0.3) is 0 Å². The van der Waals surface area contributed by atoms with Crippen LogP contribution < -0.4 is 15.8 Å². The first-order valence-corrected chi connectivity index (χ1v) is 9.93. The Bertz CT molecular complexity index is 1070. The van der Waals surface area contributed by atoms with Gasteiger partial charge in [-0.1, -0.05) is 24.3 Å². The molecule has 0 fully saturated rings. The Hall–Kier alpha value is -3.39. The third-order valence-electron chi connectivity index (χ3n) is 3.98. The van der Waals surface area contributed by atoms with Gasteiger partial charge in [0.05, 0.1) is 18.6 Å². The minimum absolute atomic E-state index is 0.133. The molecule has 3 rings (SSSR count). The average molecular weight is 396 g/mol. The second-order valence-electron chi connectivity index (χ2n) is 5.86. The molecule has 2 aromatic carbocycles. The largest absolute Gasteiger partial charge is 0.495 e. The van der Waals surface area contributed by atoms with Gasteiger partial charge in [0.1, 0.15) is 10.6 Å². The summed E-state index contributed by atoms with van der Waals surface area (Å²) in [6.07, 6.45) is 3.30. The first-order valence-electron chi connectivity index (χ1n) is 8.45. The molecule has 8 heteroatoms. The molecule has 0 aliphatic carbocycles. The van der Waals surface area contributed by atoms with Crippen LogP contribution in [0.5, 0.6) is 5.75 Å². The van der Waals surface area contributed by atoms with Crippen LogP contribution in [0.25, 0.3) is 0 Å². The number of ether oxygens (including phenoxy) is 1. The van der Waals surface area contributed by atoms with Crippen LogP contribution in [0, 0.1) is 0 Å². The third-order valence-corrected chi connectivity index (χ3v) is 5.79. The van der Waals surface area contributed by atoms with E-state index in [2.05, 4.69) is 15.3 Å². The van der Waals surface area contributed by atoms with Gasteiger partial charge >= 0.3 is 0 Å². The molecule has 1 aromatic heterocycles. The first-order chi connectivity index (χ1) is 13.5. The molecule has 0 aliphatic heterocycles. The lowest BCUT2D eigenvalue weighted by molar-refractivity contribution is 0.402. The highest BCUT2D eigenvalue weighted by Gasteiger charge is 2.21. The zero-order chi connectivity index (χ0) is 20.0. The summed E-state index contributed by atoms with van der Waals surface area (Å²) in [6, 6.07) is 16.6. The van der Waals surface area contributed by atoms with Gasteiger partial charge in [-0.25, -0.2) is 13.4 Å². The maximum Gasteiger partial charge on any atom is 0.210 e. The van der Waals surface area contributed by atoms with E-state index in [1.807, 2.05) is 0 Å². The number of sulfone groups is 1. The Balaban J connectivity index is 1.73. The molecular weight excluding hydrogens is 376 g/mol. The van der Waals surface area contributed by atoms with Crippen molar-refractivity contribution >= 4 is 21.5 Å². The zero-order valence-electron chi connectivity index (χ0n) is 15.2. The van der Waals surface area contributed by atoms with Crippen LogP contribution in [0.3, 0.4) is 0 Å². The molecule has 1 heterocycles. The van der Waals surface area contributed by atoms with Crippen LogP contribution in [-0.2, 0) is 16.4 Å². The Morgan fingerprint density at radius 1 is 1.07 bits per heavy atom. The van der Waals surface area contributed by atoms with Crippen LogP contribution in [0.15, 0.2) is 87.8 Å². The normalized spacial score (nSPS) is 11.8. The highest BCUT2D eigenvalue weighted by atomic mass is 32.2. The molecule has 0 amide bonds. The minimum Gasteiger partial charge on any atom is -0.495 e. The molecule has 0 saturated heterocycles. The van der Waals surface area contributed by atoms with E-state index in [9.17, 15) is 8.42 Å². The molecule has 3 N–H and O–H groups in total. The molecule has 3 aromatic rings. The van der Waals surface area contributed by atoms with Crippen LogP contribution >= 0.6 is 0 Å². The summed E-state index contributed by atoms with van der Waals surface area (Å²) in [4.78, 5) is 8.51. The SMILES string of the molecule is COc1ccccc1S(=O)(=O)c1ccc(CN=C(N)Nc2ccncc2)cc1. The monoisotopic (exact) mass is 396 g/mol. The van der Waals surface area contributed by atoms with Crippen molar-refractivity contribution in [1.29, 1.82) is 0 Å². The summed E-state index contributed by atoms with van der Waals surface area (Å²) in [5.74, 6) is 0.572. The number of anilines is 1. The summed E-state index contributed by atoms with van der Waals surface area (Å²) in [6.45, 7) is 0.318. The number of nitrogens with zero attached hydrogens (tertiary/aromatic N) is 2. The highest BCUT2D eigenvalue weighted by Crippen LogP contribution is 2.29. The third kappa shape index (κ3) is 4.47. The standard InChI is InChI=1S/C20H20N4O3S/c1-27-18-4-2-3-5-19(18)28(25,26)17-8-6-15(7-9-17)14-23-20(21)24-16-10-12-22-13-11-16/h2-13H,14H2,1H3,(H3,21,22,23,24). The smallest absolute Gasteiger partial charge is 0.210 e. The number of hydrogen-bond donors (Lipinski definition) is 2. The van der Waals surface area contributed by atoms with E-state index in [-0.39, 0.29) is 15.8 Å². The summed E-state index contributed by atoms with van der Waals surface area (Å²) in [7, 11) is -2.23. The van der Waals surface area contributed by atoms with Gasteiger partial charge in [0.15, 0.2) is 5.96 Å². The molecular formula is C20H20N4O3S. The molecule has 0 bridgehead atoms. The first kappa shape index (κ1) is 19.4. The summed E-state index contributed by atoms with van der Waals surface area (Å²) in [5.41, 5.74) is 7.49. The minimum atomic E-state index is -3.67. The van der Waals surface area contributed by atoms with E-state index < -0.39 is 9.84 Å². The van der Waals surface area contributed by atoms with Gasteiger partial charge < -0.3 is 15.8 Å². The van der Waals surface area contributed by atoms with E-state index in [4.69, 9.17) is 10.5 Å². The van der Waals surface area contributed by atoms with E-state index in [0.717, 1.165) is 11.3 Å². The summed E-state index contributed by atoms with van der Waals surface area (Å²) < 4.78 is 30.9. The van der Waals surface area contributed by atoms with E-state index >= 15 is 0 Å². The molecule has 0 aliphatic rings. The number of guanidine groups is 1. The fourth-order valence-corrected chi connectivity index (χ4v) is 3.96. The highest BCUT2D eigenvalue weighted by molar-refractivity contribution is 7.91. The van der Waals surface area contributed by atoms with Crippen molar-refractivity contribution in [2.75, 3.05) is 12.4 Å². The van der Waals surface area contributed by atoms with Crippen molar-refractivity contribution in [3.63, 3.8) is 0 Å². The van der Waals surface area contributed by atoms with Gasteiger partial charge in [-0.15, -0.1) is 0 Å². The van der Waals surface area contributed by atoms with Gasteiger partial charge in [0, 0.05) is 18.1 Å². The Morgan fingerprint density at radius 2 is 1.75 bits per heavy atom. The van der Waals surface area contributed by atoms with E-state index in [1.54, 1.807) is 67.0 Å². The molecule has 0 radical (unpaired) electrons. The predicted molar refractivity (Wildman–Crippen MR) is 108 cm³/mol. The van der Waals surface area contributed by atoms with Gasteiger partial charge in [0.2, 0.25) is 9.84 Å². The van der Waals surface area contributed by atoms with Crippen molar-refractivity contribution < 1.29 is 13.2 Å². The second-order valence-corrected chi connectivity index (χ2v) is 7.78. The van der Waals surface area contributed by atoms with Gasteiger partial charge in [-0.3, -0.25) is 4.98 Å². The second kappa shape index (κ2) is 8.53. The lowest BCUT2D eigenvalue weighted by Gasteiger charge is -2.10. The lowest BCUT2D eigenvalue weighted by atomic mass is 10.2. The van der Waals surface area contributed by atoms with Crippen LogP contribution in [-0.4, -0.2) is 26.5 Å². The Kier molecular flexibility index (Phi) is 5.90. The van der Waals surface area contributed by atoms with Crippen molar-refractivity contribution in [3.8, 4) is 5.75 Å². The van der Waals surface area contributed by atoms with E-state index in [0.29, 0.717) is 12.3 Å². The number of benzene rings is 2. The molecule has 0 atom stereocenters. The number of aliphatic imine (C=N–C) groups is 1. The number of methoxy groups -OCH3 is 1. The maximum atomic E-state index is 12.9. The number of pyridine rings is 1. The van der Waals surface area contributed by atoms with Crippen molar-refractivity contribution in [3.05, 3.63) is 78.6 Å². The quantitative estimate of drug-likeness (QED) is 0.490. The topological polar surface area (TPSA) is 107 Å². The number of aromatic nitrogens is 1. The number of rotatable bonds is 6. The molecule has 28 heavy (non-hydrogen) atoms. The van der Waals surface area contributed by atoms with Crippen molar-refractivity contribution in [2.24, 2.45) is 10.7 Å². The average Bonchev–Trinajstić information content (AvgIpc) is 2.73. The van der Waals surface area contributed by atoms with Crippen molar-refractivity contribution in [2.45, 2.75) is 16.3 Å². The van der Waals surface area contributed by atoms with Crippen LogP contribution in [0.2, 0.25) is 0 Å². The maximum absolute atomic E-state index is 12.9. The van der Waals surface area contributed by atoms with Crippen LogP contribution in [0.4, 0.5) is 5.69 Å². The predicted octanol–water partition coefficient (Wildman–Crippen LogP) is 2.85. The number of nitrogens with one attached hydrogen (secondary N) is 1. The Labute approximate surface area is 163 Å². The fourth-order valence-electron chi connectivity index (χ4n) is 2.54. The Morgan fingerprint density at radius 3 is 2.43 bits per heavy atom. The number of nitrogens with two attached hydrogens (primary N) is 1. The summed E-state index contributed by atoms with van der Waals surface area (Å²) >= 11 is 0. The van der Waals surface area contributed by atoms with Gasteiger partial charge in [-0.2, -0.15) is 0 Å². The fraction of sp³-hybridized carbons (Fsp3) is 0.100. The number of para-hydroxylation sites is 1.